The molecule has 0 aromatic carbocycles. The molecule has 1 saturated heterocycles. The first-order valence-electron chi connectivity index (χ1n) is 6.59. The van der Waals surface area contributed by atoms with Gasteiger partial charge in [0.05, 0.1) is 6.10 Å². The number of aliphatic hydroxyl groups excluding tert-OH is 1. The third-order valence-corrected chi connectivity index (χ3v) is 4.17. The van der Waals surface area contributed by atoms with E-state index < -0.39 is 0 Å². The number of hydrogen-bond acceptors (Lipinski definition) is 2. The second kappa shape index (κ2) is 4.74. The van der Waals surface area contributed by atoms with E-state index in [1.165, 1.54) is 25.7 Å². The highest BCUT2D eigenvalue weighted by Gasteiger charge is 2.38. The standard InChI is InChI=1S/C13H23NO2/c1-13(7-4-2-3-5-8-13)12(16)14-9-6-11(15)10-14/h11,15H,2-10H2,1H3/t11-/m1/s1. The van der Waals surface area contributed by atoms with Crippen molar-refractivity contribution in [2.75, 3.05) is 13.1 Å². The van der Waals surface area contributed by atoms with Gasteiger partial charge in [-0.15, -0.1) is 0 Å². The van der Waals surface area contributed by atoms with Gasteiger partial charge >= 0.3 is 0 Å². The highest BCUT2D eigenvalue weighted by Crippen LogP contribution is 2.37. The molecular weight excluding hydrogens is 202 g/mol. The first-order valence-corrected chi connectivity index (χ1v) is 6.59. The van der Waals surface area contributed by atoms with Gasteiger partial charge in [-0.2, -0.15) is 0 Å². The Labute approximate surface area is 97.8 Å². The third-order valence-electron chi connectivity index (χ3n) is 4.17. The molecule has 1 aliphatic heterocycles. The van der Waals surface area contributed by atoms with Crippen molar-refractivity contribution in [2.45, 2.75) is 58.0 Å². The van der Waals surface area contributed by atoms with Crippen molar-refractivity contribution in [1.82, 2.24) is 4.90 Å². The quantitative estimate of drug-likeness (QED) is 0.693. The molecular formula is C13H23NO2. The fourth-order valence-corrected chi connectivity index (χ4v) is 3.03. The summed E-state index contributed by atoms with van der Waals surface area (Å²) in [5, 5.41) is 9.49. The number of aliphatic hydroxyl groups is 1. The van der Waals surface area contributed by atoms with Crippen LogP contribution in [0.5, 0.6) is 0 Å². The van der Waals surface area contributed by atoms with Gasteiger partial charge in [-0.25, -0.2) is 0 Å². The summed E-state index contributed by atoms with van der Waals surface area (Å²) in [5.74, 6) is 0.283. The lowest BCUT2D eigenvalue weighted by Gasteiger charge is -2.31. The molecule has 92 valence electrons. The van der Waals surface area contributed by atoms with Crippen molar-refractivity contribution in [1.29, 1.82) is 0 Å². The Morgan fingerprint density at radius 2 is 1.88 bits per heavy atom. The van der Waals surface area contributed by atoms with E-state index in [2.05, 4.69) is 6.92 Å². The zero-order valence-corrected chi connectivity index (χ0v) is 10.2. The molecule has 2 aliphatic rings. The van der Waals surface area contributed by atoms with Crippen molar-refractivity contribution in [3.8, 4) is 0 Å². The molecule has 0 bridgehead atoms. The number of rotatable bonds is 1. The predicted molar refractivity (Wildman–Crippen MR) is 63.0 cm³/mol. The first kappa shape index (κ1) is 11.9. The van der Waals surface area contributed by atoms with Crippen LogP contribution in [0.1, 0.15) is 51.9 Å². The molecule has 1 N–H and O–H groups in total. The lowest BCUT2D eigenvalue weighted by molar-refractivity contribution is -0.141. The Balaban J connectivity index is 2.01. The monoisotopic (exact) mass is 225 g/mol. The summed E-state index contributed by atoms with van der Waals surface area (Å²) in [6.07, 6.45) is 7.41. The van der Waals surface area contributed by atoms with Crippen molar-refractivity contribution in [3.05, 3.63) is 0 Å². The second-order valence-corrected chi connectivity index (χ2v) is 5.67. The Morgan fingerprint density at radius 1 is 1.25 bits per heavy atom. The molecule has 16 heavy (non-hydrogen) atoms. The lowest BCUT2D eigenvalue weighted by atomic mass is 9.81. The van der Waals surface area contributed by atoms with Crippen molar-refractivity contribution < 1.29 is 9.90 Å². The second-order valence-electron chi connectivity index (χ2n) is 5.67. The van der Waals surface area contributed by atoms with Gasteiger partial charge in [-0.1, -0.05) is 32.6 Å². The minimum atomic E-state index is -0.293. The van der Waals surface area contributed by atoms with Crippen LogP contribution in [0.4, 0.5) is 0 Å². The zero-order valence-electron chi connectivity index (χ0n) is 10.2. The predicted octanol–water partition coefficient (Wildman–Crippen LogP) is 1.94. The molecule has 2 fully saturated rings. The Morgan fingerprint density at radius 3 is 2.38 bits per heavy atom. The molecule has 1 aliphatic carbocycles. The van der Waals surface area contributed by atoms with E-state index >= 15 is 0 Å². The number of hydrogen-bond donors (Lipinski definition) is 1. The third kappa shape index (κ3) is 2.40. The molecule has 1 atom stereocenters. The van der Waals surface area contributed by atoms with Crippen LogP contribution in [-0.4, -0.2) is 35.1 Å². The summed E-state index contributed by atoms with van der Waals surface area (Å²) in [6, 6.07) is 0. The maximum absolute atomic E-state index is 12.4. The largest absolute Gasteiger partial charge is 0.391 e. The molecule has 1 amide bonds. The van der Waals surface area contributed by atoms with Gasteiger partial charge in [-0.3, -0.25) is 4.79 Å². The van der Waals surface area contributed by atoms with Gasteiger partial charge in [0.2, 0.25) is 5.91 Å². The van der Waals surface area contributed by atoms with E-state index in [0.29, 0.717) is 6.54 Å². The fraction of sp³-hybridized carbons (Fsp3) is 0.923. The Kier molecular flexibility index (Phi) is 3.53. The van der Waals surface area contributed by atoms with Gasteiger partial charge in [0.15, 0.2) is 0 Å². The molecule has 3 heteroatoms. The van der Waals surface area contributed by atoms with E-state index in [-0.39, 0.29) is 17.4 Å². The molecule has 0 unspecified atom stereocenters. The molecule has 0 aromatic heterocycles. The van der Waals surface area contributed by atoms with E-state index in [4.69, 9.17) is 0 Å². The molecule has 1 saturated carbocycles. The van der Waals surface area contributed by atoms with E-state index in [1.807, 2.05) is 4.90 Å². The average molecular weight is 225 g/mol. The number of carbonyl (C=O) groups excluding carboxylic acids is 1. The van der Waals surface area contributed by atoms with Crippen LogP contribution in [0.15, 0.2) is 0 Å². The summed E-state index contributed by atoms with van der Waals surface area (Å²) in [7, 11) is 0. The van der Waals surface area contributed by atoms with Crippen molar-refractivity contribution in [2.24, 2.45) is 5.41 Å². The average Bonchev–Trinajstić information content (AvgIpc) is 2.56. The number of nitrogens with zero attached hydrogens (tertiary/aromatic N) is 1. The normalized spacial score (nSPS) is 30.1. The maximum atomic E-state index is 12.4. The number of amides is 1. The summed E-state index contributed by atoms with van der Waals surface area (Å²) in [6.45, 7) is 3.41. The number of likely N-dealkylation sites (tertiary alicyclic amines) is 1. The number of β-amino-alcohol motifs (C(OH)–C–C–N with tert-alkyl or cyclic N) is 1. The minimum absolute atomic E-state index is 0.152. The molecule has 2 rings (SSSR count). The van der Waals surface area contributed by atoms with Gasteiger partial charge in [-0.05, 0) is 19.3 Å². The van der Waals surface area contributed by atoms with Gasteiger partial charge in [0.25, 0.3) is 0 Å². The molecule has 0 spiro atoms. The summed E-state index contributed by atoms with van der Waals surface area (Å²) in [4.78, 5) is 14.3. The van der Waals surface area contributed by atoms with Crippen LogP contribution < -0.4 is 0 Å². The first-order chi connectivity index (χ1) is 7.62. The van der Waals surface area contributed by atoms with Crippen LogP contribution in [0.25, 0.3) is 0 Å². The lowest BCUT2D eigenvalue weighted by Crippen LogP contribution is -2.41. The molecule has 0 aromatic rings. The van der Waals surface area contributed by atoms with Crippen molar-refractivity contribution >= 4 is 5.91 Å². The molecule has 3 nitrogen and oxygen atoms in total. The van der Waals surface area contributed by atoms with Crippen LogP contribution in [-0.2, 0) is 4.79 Å². The van der Waals surface area contributed by atoms with Crippen LogP contribution in [0, 0.1) is 5.41 Å². The van der Waals surface area contributed by atoms with Gasteiger partial charge in [0.1, 0.15) is 0 Å². The van der Waals surface area contributed by atoms with E-state index in [0.717, 1.165) is 25.8 Å². The molecule has 1 heterocycles. The highest BCUT2D eigenvalue weighted by atomic mass is 16.3. The minimum Gasteiger partial charge on any atom is -0.391 e. The Hall–Kier alpha value is -0.570. The summed E-state index contributed by atoms with van der Waals surface area (Å²) >= 11 is 0. The zero-order chi connectivity index (χ0) is 11.6. The van der Waals surface area contributed by atoms with Gasteiger partial charge in [0, 0.05) is 18.5 Å². The van der Waals surface area contributed by atoms with Crippen molar-refractivity contribution in [3.63, 3.8) is 0 Å². The molecule has 0 radical (unpaired) electrons. The van der Waals surface area contributed by atoms with E-state index in [1.54, 1.807) is 0 Å². The Bertz CT molecular complexity index is 257. The maximum Gasteiger partial charge on any atom is 0.228 e. The number of carbonyl (C=O) groups is 1. The highest BCUT2D eigenvalue weighted by molar-refractivity contribution is 5.82. The van der Waals surface area contributed by atoms with Crippen LogP contribution in [0.3, 0.4) is 0 Å². The summed E-state index contributed by atoms with van der Waals surface area (Å²) in [5.41, 5.74) is -0.152. The van der Waals surface area contributed by atoms with Gasteiger partial charge < -0.3 is 10.0 Å². The summed E-state index contributed by atoms with van der Waals surface area (Å²) < 4.78 is 0. The van der Waals surface area contributed by atoms with Crippen LogP contribution >= 0.6 is 0 Å². The smallest absolute Gasteiger partial charge is 0.228 e. The fourth-order valence-electron chi connectivity index (χ4n) is 3.03. The SMILES string of the molecule is CC1(C(=O)N2CC[C@@H](O)C2)CCCCCC1. The van der Waals surface area contributed by atoms with E-state index in [9.17, 15) is 9.90 Å². The topological polar surface area (TPSA) is 40.5 Å². The van der Waals surface area contributed by atoms with Crippen LogP contribution in [0.2, 0.25) is 0 Å².